The molecule has 1 aliphatic carbocycles. The fourth-order valence-electron chi connectivity index (χ4n) is 4.35. The molecule has 0 aromatic carbocycles. The van der Waals surface area contributed by atoms with Gasteiger partial charge in [-0.1, -0.05) is 0 Å². The van der Waals surface area contributed by atoms with Gasteiger partial charge in [-0.05, 0) is 69.3 Å². The number of amides is 1. The number of carboxylic acids is 1. The van der Waals surface area contributed by atoms with Crippen molar-refractivity contribution in [1.82, 2.24) is 14.8 Å². The number of nitrogens with zero attached hydrogens (tertiary/aromatic N) is 2. The van der Waals surface area contributed by atoms with E-state index < -0.39 is 12.1 Å². The number of hydrogen-bond acceptors (Lipinski definition) is 4. The first-order valence-corrected chi connectivity index (χ1v) is 11.3. The highest BCUT2D eigenvalue weighted by Crippen LogP contribution is 2.49. The van der Waals surface area contributed by atoms with E-state index in [2.05, 4.69) is 29.3 Å². The molecule has 10 heteroatoms. The molecule has 1 saturated heterocycles. The first-order valence-electron chi connectivity index (χ1n) is 10.5. The van der Waals surface area contributed by atoms with Crippen LogP contribution in [0.1, 0.15) is 45.8 Å². The molecule has 2 aromatic heterocycles. The number of carbonyl (C=O) groups is 2. The van der Waals surface area contributed by atoms with Crippen LogP contribution in [0.15, 0.2) is 30.6 Å². The highest BCUT2D eigenvalue weighted by molar-refractivity contribution is 7.11. The lowest BCUT2D eigenvalue weighted by Gasteiger charge is -2.54. The topological polar surface area (TPSA) is 74.6 Å². The Morgan fingerprint density at radius 2 is 1.88 bits per heavy atom. The molecule has 6 nitrogen and oxygen atoms in total. The quantitative estimate of drug-likeness (QED) is 0.701. The summed E-state index contributed by atoms with van der Waals surface area (Å²) in [6.07, 6.45) is 3.54. The third-order valence-electron chi connectivity index (χ3n) is 6.34. The first kappa shape index (κ1) is 24.3. The van der Waals surface area contributed by atoms with Crippen molar-refractivity contribution in [2.75, 3.05) is 13.1 Å². The number of aromatic nitrogens is 1. The third kappa shape index (κ3) is 5.92. The fourth-order valence-corrected chi connectivity index (χ4v) is 5.28. The lowest BCUT2D eigenvalue weighted by Crippen LogP contribution is -2.59. The van der Waals surface area contributed by atoms with Crippen molar-refractivity contribution >= 4 is 23.2 Å². The molecule has 1 saturated carbocycles. The van der Waals surface area contributed by atoms with Crippen molar-refractivity contribution < 1.29 is 27.9 Å². The molecule has 1 amide bonds. The summed E-state index contributed by atoms with van der Waals surface area (Å²) in [5.74, 6) is -2.67. The molecule has 0 bridgehead atoms. The molecule has 2 N–H and O–H groups in total. The summed E-state index contributed by atoms with van der Waals surface area (Å²) in [6.45, 7) is 5.55. The molecule has 1 aliphatic heterocycles. The predicted molar refractivity (Wildman–Crippen MR) is 116 cm³/mol. The van der Waals surface area contributed by atoms with E-state index in [1.807, 2.05) is 41.4 Å². The van der Waals surface area contributed by atoms with E-state index in [0.717, 1.165) is 31.6 Å². The van der Waals surface area contributed by atoms with Crippen molar-refractivity contribution in [2.24, 2.45) is 12.5 Å². The van der Waals surface area contributed by atoms with Gasteiger partial charge < -0.3 is 15.0 Å². The van der Waals surface area contributed by atoms with E-state index >= 15 is 0 Å². The SMILES string of the molecule is Cc1ccc(CN2CCC3(CCC3NC(=O)c3ccn(C)c3)CC2)s1.O=C(O)C(F)(F)F. The Labute approximate surface area is 189 Å². The van der Waals surface area contributed by atoms with Crippen molar-refractivity contribution in [3.05, 3.63) is 45.9 Å². The number of hydrogen-bond donors (Lipinski definition) is 2. The molecule has 2 aromatic rings. The number of thiophene rings is 1. The Hall–Kier alpha value is -2.33. The van der Waals surface area contributed by atoms with Gasteiger partial charge in [0, 0.05) is 41.8 Å². The number of piperidine rings is 1. The summed E-state index contributed by atoms with van der Waals surface area (Å²) >= 11 is 1.91. The van der Waals surface area contributed by atoms with E-state index in [0.29, 0.717) is 11.5 Å². The molecule has 176 valence electrons. The van der Waals surface area contributed by atoms with Crippen LogP contribution in [0.4, 0.5) is 13.2 Å². The number of halogens is 3. The van der Waals surface area contributed by atoms with E-state index in [1.54, 1.807) is 0 Å². The van der Waals surface area contributed by atoms with Gasteiger partial charge in [0.1, 0.15) is 0 Å². The molecular formula is C22H28F3N3O3S. The van der Waals surface area contributed by atoms with Crippen molar-refractivity contribution in [3.63, 3.8) is 0 Å². The Balaban J connectivity index is 0.000000360. The molecule has 3 heterocycles. The number of carbonyl (C=O) groups excluding carboxylic acids is 1. The van der Waals surface area contributed by atoms with Gasteiger partial charge in [0.25, 0.3) is 5.91 Å². The summed E-state index contributed by atoms with van der Waals surface area (Å²) in [4.78, 5) is 26.8. The largest absolute Gasteiger partial charge is 0.490 e. The van der Waals surface area contributed by atoms with E-state index in [4.69, 9.17) is 9.90 Å². The minimum Gasteiger partial charge on any atom is -0.475 e. The Morgan fingerprint density at radius 3 is 2.31 bits per heavy atom. The highest BCUT2D eigenvalue weighted by atomic mass is 32.1. The number of aliphatic carboxylic acids is 1. The second kappa shape index (κ2) is 9.66. The summed E-state index contributed by atoms with van der Waals surface area (Å²) in [6, 6.07) is 6.72. The molecule has 32 heavy (non-hydrogen) atoms. The lowest BCUT2D eigenvalue weighted by atomic mass is 9.59. The Bertz CT molecular complexity index is 946. The fraction of sp³-hybridized carbons (Fsp3) is 0.545. The van der Waals surface area contributed by atoms with Gasteiger partial charge in [-0.2, -0.15) is 13.2 Å². The minimum atomic E-state index is -5.08. The van der Waals surface area contributed by atoms with Crippen LogP contribution in [-0.2, 0) is 18.4 Å². The number of carboxylic acid groups (broad SMARTS) is 1. The van der Waals surface area contributed by atoms with Gasteiger partial charge in [0.15, 0.2) is 0 Å². The van der Waals surface area contributed by atoms with Gasteiger partial charge in [-0.25, -0.2) is 4.79 Å². The van der Waals surface area contributed by atoms with Gasteiger partial charge in [-0.15, -0.1) is 11.3 Å². The molecule has 1 spiro atoms. The molecule has 2 fully saturated rings. The first-order chi connectivity index (χ1) is 15.0. The van der Waals surface area contributed by atoms with Crippen LogP contribution in [0.25, 0.3) is 0 Å². The zero-order chi connectivity index (χ0) is 23.5. The van der Waals surface area contributed by atoms with Crippen LogP contribution in [-0.4, -0.2) is 51.8 Å². The number of alkyl halides is 3. The minimum absolute atomic E-state index is 0.0844. The molecule has 1 unspecified atom stereocenters. The maximum absolute atomic E-state index is 12.5. The van der Waals surface area contributed by atoms with Crippen LogP contribution >= 0.6 is 11.3 Å². The number of aryl methyl sites for hydroxylation is 2. The smallest absolute Gasteiger partial charge is 0.475 e. The molecule has 0 radical (unpaired) electrons. The van der Waals surface area contributed by atoms with Crippen LogP contribution in [0.2, 0.25) is 0 Å². The van der Waals surface area contributed by atoms with Crippen LogP contribution in [0.3, 0.4) is 0 Å². The average molecular weight is 472 g/mol. The standard InChI is InChI=1S/C20H27N3OS.C2HF3O2/c1-15-3-4-17(25-15)14-23-11-8-20(9-12-23)7-5-18(20)21-19(24)16-6-10-22(2)13-16;3-2(4,5)1(6)7/h3-4,6,10,13,18H,5,7-9,11-12,14H2,1-2H3,(H,21,24);(H,6,7). The maximum atomic E-state index is 12.5. The summed E-state index contributed by atoms with van der Waals surface area (Å²) < 4.78 is 33.7. The highest BCUT2D eigenvalue weighted by Gasteiger charge is 2.48. The summed E-state index contributed by atoms with van der Waals surface area (Å²) in [7, 11) is 1.95. The number of rotatable bonds is 4. The van der Waals surface area contributed by atoms with Crippen LogP contribution in [0.5, 0.6) is 0 Å². The van der Waals surface area contributed by atoms with E-state index in [9.17, 15) is 18.0 Å². The zero-order valence-corrected chi connectivity index (χ0v) is 18.9. The van der Waals surface area contributed by atoms with Gasteiger partial charge in [0.2, 0.25) is 0 Å². The van der Waals surface area contributed by atoms with Crippen LogP contribution in [0, 0.1) is 12.3 Å². The molecule has 4 rings (SSSR count). The zero-order valence-electron chi connectivity index (χ0n) is 18.1. The summed E-state index contributed by atoms with van der Waals surface area (Å²) in [5.41, 5.74) is 1.11. The molecule has 2 aliphatic rings. The third-order valence-corrected chi connectivity index (χ3v) is 7.32. The monoisotopic (exact) mass is 471 g/mol. The van der Waals surface area contributed by atoms with Crippen molar-refractivity contribution in [2.45, 2.75) is 51.4 Å². The maximum Gasteiger partial charge on any atom is 0.490 e. The second-order valence-electron chi connectivity index (χ2n) is 8.58. The van der Waals surface area contributed by atoms with Crippen molar-refractivity contribution in [1.29, 1.82) is 0 Å². The number of likely N-dealkylation sites (tertiary alicyclic amines) is 1. The average Bonchev–Trinajstić information content (AvgIpc) is 3.33. The van der Waals surface area contributed by atoms with Gasteiger partial charge >= 0.3 is 12.1 Å². The van der Waals surface area contributed by atoms with Crippen molar-refractivity contribution in [3.8, 4) is 0 Å². The van der Waals surface area contributed by atoms with Crippen LogP contribution < -0.4 is 5.32 Å². The number of nitrogens with one attached hydrogen (secondary N) is 1. The van der Waals surface area contributed by atoms with Gasteiger partial charge in [0.05, 0.1) is 5.56 Å². The lowest BCUT2D eigenvalue weighted by molar-refractivity contribution is -0.192. The Morgan fingerprint density at radius 1 is 1.22 bits per heavy atom. The van der Waals surface area contributed by atoms with E-state index in [1.165, 1.54) is 29.0 Å². The predicted octanol–water partition coefficient (Wildman–Crippen LogP) is 4.20. The second-order valence-corrected chi connectivity index (χ2v) is 9.96. The van der Waals surface area contributed by atoms with Gasteiger partial charge in [-0.3, -0.25) is 9.69 Å². The normalized spacial score (nSPS) is 20.2. The molecule has 1 atom stereocenters. The Kier molecular flexibility index (Phi) is 7.34. The molecular weight excluding hydrogens is 443 g/mol. The summed E-state index contributed by atoms with van der Waals surface area (Å²) in [5, 5.41) is 10.4. The van der Waals surface area contributed by atoms with E-state index in [-0.39, 0.29) is 5.91 Å².